The minimum Gasteiger partial charge on any atom is -0.332 e. The number of carbonyl (C=O) groups is 1. The van der Waals surface area contributed by atoms with Crippen LogP contribution in [0.5, 0.6) is 0 Å². The van der Waals surface area contributed by atoms with Crippen LogP contribution in [0.1, 0.15) is 35.3 Å². The molecule has 1 aromatic carbocycles. The van der Waals surface area contributed by atoms with E-state index in [0.29, 0.717) is 23.6 Å². The average molecular weight is 346 g/mol. The van der Waals surface area contributed by atoms with Gasteiger partial charge in [-0.3, -0.25) is 9.78 Å². The fourth-order valence-electron chi connectivity index (χ4n) is 2.73. The summed E-state index contributed by atoms with van der Waals surface area (Å²) in [5, 5.41) is 0. The van der Waals surface area contributed by atoms with E-state index in [1.807, 2.05) is 49.1 Å². The van der Waals surface area contributed by atoms with Crippen molar-refractivity contribution in [2.75, 3.05) is 0 Å². The van der Waals surface area contributed by atoms with Crippen molar-refractivity contribution in [1.82, 2.24) is 19.9 Å². The number of aryl methyl sites for hydroxylation is 1. The second-order valence-corrected chi connectivity index (χ2v) is 6.53. The standard InChI is InChI=1S/C21H22N4O/c1-15(2)25(14-17-8-6-7-16(3)11-17)21(26)18-12-23-20(24-13-18)19-9-4-5-10-22-19/h4-13,15H,14H2,1-3H3. The number of benzene rings is 1. The number of nitrogens with zero attached hydrogens (tertiary/aromatic N) is 4. The van der Waals surface area contributed by atoms with Crippen molar-refractivity contribution < 1.29 is 4.79 Å². The Hall–Kier alpha value is -3.08. The lowest BCUT2D eigenvalue weighted by Crippen LogP contribution is -2.36. The Kier molecular flexibility index (Phi) is 5.37. The van der Waals surface area contributed by atoms with Gasteiger partial charge in [0.1, 0.15) is 5.69 Å². The Morgan fingerprint density at radius 3 is 2.42 bits per heavy atom. The molecule has 1 amide bonds. The predicted octanol–water partition coefficient (Wildman–Crippen LogP) is 3.90. The van der Waals surface area contributed by atoms with Crippen LogP contribution in [0.3, 0.4) is 0 Å². The number of pyridine rings is 1. The zero-order valence-corrected chi connectivity index (χ0v) is 15.3. The first-order valence-electron chi connectivity index (χ1n) is 8.64. The van der Waals surface area contributed by atoms with Gasteiger partial charge in [-0.15, -0.1) is 0 Å². The zero-order chi connectivity index (χ0) is 18.5. The molecule has 0 spiro atoms. The van der Waals surface area contributed by atoms with Crippen LogP contribution in [-0.2, 0) is 6.54 Å². The van der Waals surface area contributed by atoms with Crippen LogP contribution in [-0.4, -0.2) is 31.8 Å². The first-order valence-corrected chi connectivity index (χ1v) is 8.64. The van der Waals surface area contributed by atoms with Crippen LogP contribution in [0.2, 0.25) is 0 Å². The average Bonchev–Trinajstić information content (AvgIpc) is 2.66. The predicted molar refractivity (Wildman–Crippen MR) is 101 cm³/mol. The molecule has 0 saturated carbocycles. The van der Waals surface area contributed by atoms with E-state index in [1.54, 1.807) is 18.6 Å². The summed E-state index contributed by atoms with van der Waals surface area (Å²) in [6, 6.07) is 13.8. The Morgan fingerprint density at radius 1 is 1.04 bits per heavy atom. The molecule has 0 saturated heterocycles. The highest BCUT2D eigenvalue weighted by atomic mass is 16.2. The van der Waals surface area contributed by atoms with Gasteiger partial charge in [-0.05, 0) is 38.5 Å². The van der Waals surface area contributed by atoms with Crippen molar-refractivity contribution >= 4 is 5.91 Å². The van der Waals surface area contributed by atoms with Gasteiger partial charge < -0.3 is 4.90 Å². The third-order valence-electron chi connectivity index (χ3n) is 4.11. The van der Waals surface area contributed by atoms with Gasteiger partial charge in [-0.2, -0.15) is 0 Å². The van der Waals surface area contributed by atoms with E-state index in [2.05, 4.69) is 34.0 Å². The molecule has 0 atom stereocenters. The minimum atomic E-state index is -0.0749. The minimum absolute atomic E-state index is 0.0680. The molecule has 2 heterocycles. The Bertz CT molecular complexity index is 876. The molecule has 132 valence electrons. The van der Waals surface area contributed by atoms with E-state index < -0.39 is 0 Å². The summed E-state index contributed by atoms with van der Waals surface area (Å²) in [4.78, 5) is 27.6. The molecule has 0 bridgehead atoms. The molecule has 0 unspecified atom stereocenters. The molecule has 0 aliphatic carbocycles. The smallest absolute Gasteiger partial charge is 0.257 e. The molecule has 5 nitrogen and oxygen atoms in total. The third-order valence-corrected chi connectivity index (χ3v) is 4.11. The van der Waals surface area contributed by atoms with Gasteiger partial charge in [0.05, 0.1) is 5.56 Å². The second-order valence-electron chi connectivity index (χ2n) is 6.53. The zero-order valence-electron chi connectivity index (χ0n) is 15.3. The van der Waals surface area contributed by atoms with Crippen molar-refractivity contribution in [2.24, 2.45) is 0 Å². The summed E-state index contributed by atoms with van der Waals surface area (Å²) in [5.74, 6) is 0.436. The molecule has 0 radical (unpaired) electrons. The fraction of sp³-hybridized carbons (Fsp3) is 0.238. The summed E-state index contributed by atoms with van der Waals surface area (Å²) in [6.45, 7) is 6.63. The van der Waals surface area contributed by atoms with E-state index in [9.17, 15) is 4.79 Å². The quantitative estimate of drug-likeness (QED) is 0.703. The SMILES string of the molecule is Cc1cccc(CN(C(=O)c2cnc(-c3ccccn3)nc2)C(C)C)c1. The lowest BCUT2D eigenvalue weighted by Gasteiger charge is -2.27. The second kappa shape index (κ2) is 7.87. The largest absolute Gasteiger partial charge is 0.332 e. The molecule has 0 fully saturated rings. The number of carbonyl (C=O) groups excluding carboxylic acids is 1. The topological polar surface area (TPSA) is 59.0 Å². The Labute approximate surface area is 153 Å². The molecule has 2 aromatic heterocycles. The normalized spacial score (nSPS) is 10.8. The number of hydrogen-bond donors (Lipinski definition) is 0. The van der Waals surface area contributed by atoms with Crippen LogP contribution in [0.25, 0.3) is 11.5 Å². The summed E-state index contributed by atoms with van der Waals surface area (Å²) in [5.41, 5.74) is 3.46. The van der Waals surface area contributed by atoms with E-state index in [0.717, 1.165) is 5.56 Å². The first kappa shape index (κ1) is 17.7. The highest BCUT2D eigenvalue weighted by Crippen LogP contribution is 2.15. The van der Waals surface area contributed by atoms with Crippen molar-refractivity contribution in [1.29, 1.82) is 0 Å². The van der Waals surface area contributed by atoms with Gasteiger partial charge in [0, 0.05) is 31.2 Å². The van der Waals surface area contributed by atoms with Crippen LogP contribution in [0, 0.1) is 6.92 Å². The molecule has 3 rings (SSSR count). The maximum atomic E-state index is 13.0. The Balaban J connectivity index is 1.81. The number of amides is 1. The lowest BCUT2D eigenvalue weighted by atomic mass is 10.1. The maximum Gasteiger partial charge on any atom is 0.257 e. The molecule has 0 N–H and O–H groups in total. The summed E-state index contributed by atoms with van der Waals surface area (Å²) >= 11 is 0. The van der Waals surface area contributed by atoms with Crippen molar-refractivity contribution in [3.05, 3.63) is 77.7 Å². The molecule has 26 heavy (non-hydrogen) atoms. The molecular weight excluding hydrogens is 324 g/mol. The van der Waals surface area contributed by atoms with Crippen molar-refractivity contribution in [2.45, 2.75) is 33.4 Å². The van der Waals surface area contributed by atoms with Crippen LogP contribution in [0.4, 0.5) is 0 Å². The molecular formula is C21H22N4O. The lowest BCUT2D eigenvalue weighted by molar-refractivity contribution is 0.0689. The van der Waals surface area contributed by atoms with E-state index >= 15 is 0 Å². The molecule has 5 heteroatoms. The van der Waals surface area contributed by atoms with Gasteiger partial charge >= 0.3 is 0 Å². The van der Waals surface area contributed by atoms with Gasteiger partial charge in [-0.1, -0.05) is 35.9 Å². The van der Waals surface area contributed by atoms with Gasteiger partial charge in [0.25, 0.3) is 5.91 Å². The molecule has 0 aliphatic heterocycles. The Morgan fingerprint density at radius 2 is 1.81 bits per heavy atom. The number of aromatic nitrogens is 3. The van der Waals surface area contributed by atoms with Crippen molar-refractivity contribution in [3.63, 3.8) is 0 Å². The molecule has 0 aliphatic rings. The first-order chi connectivity index (χ1) is 12.5. The fourth-order valence-corrected chi connectivity index (χ4v) is 2.73. The van der Waals surface area contributed by atoms with Crippen LogP contribution >= 0.6 is 0 Å². The summed E-state index contributed by atoms with van der Waals surface area (Å²) < 4.78 is 0. The van der Waals surface area contributed by atoms with E-state index in [1.165, 1.54) is 5.56 Å². The number of hydrogen-bond acceptors (Lipinski definition) is 4. The maximum absolute atomic E-state index is 13.0. The monoisotopic (exact) mass is 346 g/mol. The van der Waals surface area contributed by atoms with Crippen LogP contribution in [0.15, 0.2) is 61.1 Å². The van der Waals surface area contributed by atoms with E-state index in [4.69, 9.17) is 0 Å². The van der Waals surface area contributed by atoms with E-state index in [-0.39, 0.29) is 11.9 Å². The highest BCUT2D eigenvalue weighted by molar-refractivity contribution is 5.93. The number of rotatable bonds is 5. The van der Waals surface area contributed by atoms with Gasteiger partial charge in [0.2, 0.25) is 0 Å². The summed E-state index contributed by atoms with van der Waals surface area (Å²) in [7, 11) is 0. The van der Waals surface area contributed by atoms with Gasteiger partial charge in [-0.25, -0.2) is 9.97 Å². The van der Waals surface area contributed by atoms with Crippen LogP contribution < -0.4 is 0 Å². The third kappa shape index (κ3) is 4.11. The summed E-state index contributed by atoms with van der Waals surface area (Å²) in [6.07, 6.45) is 4.84. The van der Waals surface area contributed by atoms with Crippen molar-refractivity contribution in [3.8, 4) is 11.5 Å². The van der Waals surface area contributed by atoms with Gasteiger partial charge in [0.15, 0.2) is 5.82 Å². The highest BCUT2D eigenvalue weighted by Gasteiger charge is 2.20. The molecule has 3 aromatic rings.